The Balaban J connectivity index is 2.32. The SMILES string of the molecule is Nc1c(F)cc(F)cc1Nc1ncc(F)cn1. The van der Waals surface area contributed by atoms with E-state index in [9.17, 15) is 13.2 Å². The summed E-state index contributed by atoms with van der Waals surface area (Å²) in [6.07, 6.45) is 1.84. The average Bonchev–Trinajstić information content (AvgIpc) is 2.28. The van der Waals surface area contributed by atoms with Crippen molar-refractivity contribution in [2.24, 2.45) is 0 Å². The van der Waals surface area contributed by atoms with Gasteiger partial charge in [-0.3, -0.25) is 0 Å². The van der Waals surface area contributed by atoms with Crippen LogP contribution in [0.4, 0.5) is 30.5 Å². The van der Waals surface area contributed by atoms with Gasteiger partial charge in [-0.2, -0.15) is 0 Å². The largest absolute Gasteiger partial charge is 0.395 e. The van der Waals surface area contributed by atoms with Gasteiger partial charge in [0.15, 0.2) is 11.6 Å². The first-order valence-electron chi connectivity index (χ1n) is 4.55. The van der Waals surface area contributed by atoms with Crippen molar-refractivity contribution in [3.63, 3.8) is 0 Å². The molecule has 0 amide bonds. The highest BCUT2D eigenvalue weighted by Crippen LogP contribution is 2.25. The van der Waals surface area contributed by atoms with Crippen molar-refractivity contribution >= 4 is 17.3 Å². The van der Waals surface area contributed by atoms with Gasteiger partial charge in [0.1, 0.15) is 5.82 Å². The second-order valence-electron chi connectivity index (χ2n) is 3.20. The van der Waals surface area contributed by atoms with Gasteiger partial charge in [-0.1, -0.05) is 0 Å². The van der Waals surface area contributed by atoms with Crippen molar-refractivity contribution in [3.8, 4) is 0 Å². The maximum absolute atomic E-state index is 13.1. The first-order valence-corrected chi connectivity index (χ1v) is 4.55. The third-order valence-electron chi connectivity index (χ3n) is 1.96. The molecule has 0 saturated heterocycles. The Kier molecular flexibility index (Phi) is 2.82. The zero-order chi connectivity index (χ0) is 12.4. The van der Waals surface area contributed by atoms with E-state index in [-0.39, 0.29) is 17.3 Å². The van der Waals surface area contributed by atoms with Crippen molar-refractivity contribution in [2.75, 3.05) is 11.1 Å². The molecule has 0 aliphatic carbocycles. The van der Waals surface area contributed by atoms with Crippen LogP contribution in [0.25, 0.3) is 0 Å². The van der Waals surface area contributed by atoms with E-state index in [1.807, 2.05) is 0 Å². The van der Waals surface area contributed by atoms with Gasteiger partial charge in [0.05, 0.1) is 23.8 Å². The molecule has 4 nitrogen and oxygen atoms in total. The number of hydrogen-bond acceptors (Lipinski definition) is 4. The van der Waals surface area contributed by atoms with Gasteiger partial charge in [0.2, 0.25) is 5.95 Å². The number of nitrogens with one attached hydrogen (secondary N) is 1. The van der Waals surface area contributed by atoms with Crippen molar-refractivity contribution < 1.29 is 13.2 Å². The number of nitrogen functional groups attached to an aromatic ring is 1. The molecule has 1 heterocycles. The average molecular weight is 240 g/mol. The van der Waals surface area contributed by atoms with Gasteiger partial charge < -0.3 is 11.1 Å². The molecule has 0 spiro atoms. The normalized spacial score (nSPS) is 10.3. The van der Waals surface area contributed by atoms with E-state index in [2.05, 4.69) is 15.3 Å². The lowest BCUT2D eigenvalue weighted by atomic mass is 10.2. The van der Waals surface area contributed by atoms with Gasteiger partial charge in [-0.15, -0.1) is 0 Å². The fraction of sp³-hybridized carbons (Fsp3) is 0. The summed E-state index contributed by atoms with van der Waals surface area (Å²) in [5.74, 6) is -2.31. The Hall–Kier alpha value is -2.31. The van der Waals surface area contributed by atoms with Crippen LogP contribution in [-0.4, -0.2) is 9.97 Å². The second-order valence-corrected chi connectivity index (χ2v) is 3.20. The highest BCUT2D eigenvalue weighted by Gasteiger charge is 2.09. The molecule has 0 radical (unpaired) electrons. The molecular formula is C10H7F3N4. The molecule has 2 aromatic rings. The Morgan fingerprint density at radius 2 is 1.65 bits per heavy atom. The highest BCUT2D eigenvalue weighted by atomic mass is 19.1. The second kappa shape index (κ2) is 4.28. The van der Waals surface area contributed by atoms with Gasteiger partial charge in [-0.05, 0) is 6.07 Å². The minimum Gasteiger partial charge on any atom is -0.395 e. The molecule has 3 N–H and O–H groups in total. The van der Waals surface area contributed by atoms with E-state index < -0.39 is 17.5 Å². The third-order valence-corrected chi connectivity index (χ3v) is 1.96. The standard InChI is InChI=1S/C10H7F3N4/c11-5-1-7(13)9(14)8(2-5)17-10-15-3-6(12)4-16-10/h1-4H,14H2,(H,15,16,17). The summed E-state index contributed by atoms with van der Waals surface area (Å²) < 4.78 is 38.6. The summed E-state index contributed by atoms with van der Waals surface area (Å²) in [7, 11) is 0. The summed E-state index contributed by atoms with van der Waals surface area (Å²) in [5, 5.41) is 2.49. The topological polar surface area (TPSA) is 63.8 Å². The predicted molar refractivity (Wildman–Crippen MR) is 56.0 cm³/mol. The van der Waals surface area contributed by atoms with Crippen LogP contribution in [0.3, 0.4) is 0 Å². The lowest BCUT2D eigenvalue weighted by Crippen LogP contribution is -2.03. The molecule has 0 bridgehead atoms. The quantitative estimate of drug-likeness (QED) is 0.790. The molecule has 0 aliphatic heterocycles. The maximum atomic E-state index is 13.1. The van der Waals surface area contributed by atoms with Crippen LogP contribution in [0.2, 0.25) is 0 Å². The molecule has 0 aliphatic rings. The number of aromatic nitrogens is 2. The van der Waals surface area contributed by atoms with Crippen LogP contribution >= 0.6 is 0 Å². The summed E-state index contributed by atoms with van der Waals surface area (Å²) in [5.41, 5.74) is 5.11. The van der Waals surface area contributed by atoms with Crippen LogP contribution in [0.15, 0.2) is 24.5 Å². The van der Waals surface area contributed by atoms with Crippen LogP contribution in [0.5, 0.6) is 0 Å². The van der Waals surface area contributed by atoms with Crippen molar-refractivity contribution in [1.82, 2.24) is 9.97 Å². The Bertz CT molecular complexity index is 542. The van der Waals surface area contributed by atoms with E-state index >= 15 is 0 Å². The summed E-state index contributed by atoms with van der Waals surface area (Å²) in [6.45, 7) is 0. The molecule has 0 fully saturated rings. The fourth-order valence-electron chi connectivity index (χ4n) is 1.19. The lowest BCUT2D eigenvalue weighted by molar-refractivity contribution is 0.587. The van der Waals surface area contributed by atoms with Crippen molar-refractivity contribution in [1.29, 1.82) is 0 Å². The third kappa shape index (κ3) is 2.44. The van der Waals surface area contributed by atoms with Crippen LogP contribution in [0.1, 0.15) is 0 Å². The summed E-state index contributed by atoms with van der Waals surface area (Å²) in [6, 6.07) is 1.65. The Morgan fingerprint density at radius 1 is 1.00 bits per heavy atom. The van der Waals surface area contributed by atoms with Crippen LogP contribution in [0, 0.1) is 17.5 Å². The van der Waals surface area contributed by atoms with Crippen molar-refractivity contribution in [3.05, 3.63) is 42.0 Å². The Morgan fingerprint density at radius 3 is 2.29 bits per heavy atom. The van der Waals surface area contributed by atoms with Crippen molar-refractivity contribution in [2.45, 2.75) is 0 Å². The fourth-order valence-corrected chi connectivity index (χ4v) is 1.19. The molecule has 88 valence electrons. The number of benzene rings is 1. The minimum atomic E-state index is -0.894. The molecule has 17 heavy (non-hydrogen) atoms. The maximum Gasteiger partial charge on any atom is 0.227 e. The highest BCUT2D eigenvalue weighted by molar-refractivity contribution is 5.70. The Labute approximate surface area is 94.3 Å². The van der Waals surface area contributed by atoms with E-state index in [1.54, 1.807) is 0 Å². The van der Waals surface area contributed by atoms with E-state index in [4.69, 9.17) is 5.73 Å². The minimum absolute atomic E-state index is 0.0110. The first-order chi connectivity index (χ1) is 8.06. The number of nitrogens with zero attached hydrogens (tertiary/aromatic N) is 2. The summed E-state index contributed by atoms with van der Waals surface area (Å²) >= 11 is 0. The van der Waals surface area contributed by atoms with E-state index in [0.717, 1.165) is 18.5 Å². The van der Waals surface area contributed by atoms with Gasteiger partial charge in [-0.25, -0.2) is 23.1 Å². The van der Waals surface area contributed by atoms with Gasteiger partial charge >= 0.3 is 0 Å². The molecule has 0 unspecified atom stereocenters. The number of halogens is 3. The van der Waals surface area contributed by atoms with E-state index in [1.165, 1.54) is 0 Å². The first kappa shape index (κ1) is 11.2. The van der Waals surface area contributed by atoms with Gasteiger partial charge in [0, 0.05) is 6.07 Å². The number of hydrogen-bond donors (Lipinski definition) is 2. The zero-order valence-corrected chi connectivity index (χ0v) is 8.42. The van der Waals surface area contributed by atoms with Crippen LogP contribution < -0.4 is 11.1 Å². The van der Waals surface area contributed by atoms with Crippen LogP contribution in [-0.2, 0) is 0 Å². The number of anilines is 3. The molecule has 1 aromatic carbocycles. The number of nitrogens with two attached hydrogens (primary N) is 1. The van der Waals surface area contributed by atoms with Gasteiger partial charge in [0.25, 0.3) is 0 Å². The molecule has 0 saturated carbocycles. The molecular weight excluding hydrogens is 233 g/mol. The zero-order valence-electron chi connectivity index (χ0n) is 8.42. The van der Waals surface area contributed by atoms with E-state index in [0.29, 0.717) is 6.07 Å². The molecule has 7 heteroatoms. The lowest BCUT2D eigenvalue weighted by Gasteiger charge is -2.08. The summed E-state index contributed by atoms with van der Waals surface area (Å²) in [4.78, 5) is 7.15. The molecule has 1 aromatic heterocycles. The number of rotatable bonds is 2. The monoisotopic (exact) mass is 240 g/mol. The predicted octanol–water partition coefficient (Wildman–Crippen LogP) is 2.22. The smallest absolute Gasteiger partial charge is 0.227 e. The molecule has 2 rings (SSSR count). The molecule has 0 atom stereocenters.